The maximum absolute atomic E-state index is 6.07. The number of hydrogen-bond acceptors (Lipinski definition) is 2. The van der Waals surface area contributed by atoms with Crippen molar-refractivity contribution in [3.05, 3.63) is 50.9 Å². The summed E-state index contributed by atoms with van der Waals surface area (Å²) in [6, 6.07) is 6.07. The molecule has 0 saturated carbocycles. The second-order valence-corrected chi connectivity index (χ2v) is 6.77. The van der Waals surface area contributed by atoms with Crippen LogP contribution in [-0.2, 0) is 13.6 Å². The smallest absolute Gasteiger partial charge is 0.0644 e. The zero-order valence-electron chi connectivity index (χ0n) is 13.7. The molecule has 2 N–H and O–H groups in total. The van der Waals surface area contributed by atoms with E-state index in [1.165, 1.54) is 11.3 Å². The fourth-order valence-corrected chi connectivity index (χ4v) is 3.40. The first-order chi connectivity index (χ1) is 10.9. The summed E-state index contributed by atoms with van der Waals surface area (Å²) in [5.41, 5.74) is 5.62. The van der Waals surface area contributed by atoms with Gasteiger partial charge in [-0.05, 0) is 39.0 Å². The summed E-state index contributed by atoms with van der Waals surface area (Å²) >= 11 is 12.1. The van der Waals surface area contributed by atoms with Crippen LogP contribution in [0.15, 0.2) is 18.2 Å². The molecule has 3 aromatic rings. The van der Waals surface area contributed by atoms with Gasteiger partial charge < -0.3 is 10.3 Å². The van der Waals surface area contributed by atoms with Gasteiger partial charge in [0, 0.05) is 47.5 Å². The maximum atomic E-state index is 6.07. The lowest BCUT2D eigenvalue weighted by atomic mass is 10.1. The quantitative estimate of drug-likeness (QED) is 0.717. The van der Waals surface area contributed by atoms with Crippen molar-refractivity contribution < 1.29 is 0 Å². The van der Waals surface area contributed by atoms with Crippen LogP contribution in [0.2, 0.25) is 10.0 Å². The second kappa shape index (κ2) is 6.19. The van der Waals surface area contributed by atoms with E-state index in [1.54, 1.807) is 0 Å². The molecule has 3 rings (SSSR count). The van der Waals surface area contributed by atoms with Gasteiger partial charge in [0.15, 0.2) is 0 Å². The van der Waals surface area contributed by atoms with Crippen LogP contribution in [0.1, 0.15) is 35.6 Å². The highest BCUT2D eigenvalue weighted by atomic mass is 35.5. The van der Waals surface area contributed by atoms with Gasteiger partial charge in [-0.3, -0.25) is 4.68 Å². The van der Waals surface area contributed by atoms with Crippen molar-refractivity contribution in [1.29, 1.82) is 0 Å². The maximum Gasteiger partial charge on any atom is 0.0644 e. The lowest BCUT2D eigenvalue weighted by Gasteiger charge is -2.14. The van der Waals surface area contributed by atoms with Crippen molar-refractivity contribution in [3.63, 3.8) is 0 Å². The molecule has 0 aliphatic carbocycles. The molecule has 6 heteroatoms. The molecule has 1 aromatic carbocycles. The number of halogens is 2. The summed E-state index contributed by atoms with van der Waals surface area (Å²) in [5, 5.41) is 10.2. The normalized spacial score (nSPS) is 13.0. The molecule has 2 aromatic heterocycles. The molecular weight excluding hydrogens is 331 g/mol. The Labute approximate surface area is 145 Å². The van der Waals surface area contributed by atoms with Gasteiger partial charge in [-0.2, -0.15) is 5.10 Å². The summed E-state index contributed by atoms with van der Waals surface area (Å²) in [7, 11) is 1.98. The highest BCUT2D eigenvalue weighted by Crippen LogP contribution is 2.28. The average molecular weight is 351 g/mol. The molecule has 0 unspecified atom stereocenters. The van der Waals surface area contributed by atoms with E-state index in [4.69, 9.17) is 23.2 Å². The van der Waals surface area contributed by atoms with Gasteiger partial charge in [0.25, 0.3) is 0 Å². The molecule has 0 aliphatic heterocycles. The van der Waals surface area contributed by atoms with Gasteiger partial charge in [0.05, 0.1) is 15.7 Å². The zero-order valence-corrected chi connectivity index (χ0v) is 15.2. The number of H-pyrrole nitrogens is 1. The molecule has 0 saturated heterocycles. The molecule has 23 heavy (non-hydrogen) atoms. The SMILES string of the molecule is Cc1nn(C)c(C)c1[C@H](C)NCc1cc2cc(Cl)c(Cl)cc2[nH]1. The lowest BCUT2D eigenvalue weighted by molar-refractivity contribution is 0.564. The van der Waals surface area contributed by atoms with E-state index < -0.39 is 0 Å². The third kappa shape index (κ3) is 3.11. The molecule has 4 nitrogen and oxygen atoms in total. The van der Waals surface area contributed by atoms with Gasteiger partial charge >= 0.3 is 0 Å². The van der Waals surface area contributed by atoms with E-state index in [0.717, 1.165) is 28.8 Å². The Balaban J connectivity index is 1.77. The predicted molar refractivity (Wildman–Crippen MR) is 96.3 cm³/mol. The Morgan fingerprint density at radius 2 is 1.91 bits per heavy atom. The van der Waals surface area contributed by atoms with Crippen molar-refractivity contribution in [2.24, 2.45) is 7.05 Å². The summed E-state index contributed by atoms with van der Waals surface area (Å²) in [4.78, 5) is 3.38. The van der Waals surface area contributed by atoms with Crippen LogP contribution in [-0.4, -0.2) is 14.8 Å². The summed E-state index contributed by atoms with van der Waals surface area (Å²) < 4.78 is 1.93. The van der Waals surface area contributed by atoms with Crippen molar-refractivity contribution in [3.8, 4) is 0 Å². The Bertz CT molecular complexity index is 824. The molecule has 0 bridgehead atoms. The fourth-order valence-electron chi connectivity index (χ4n) is 3.06. The highest BCUT2D eigenvalue weighted by molar-refractivity contribution is 6.42. The lowest BCUT2D eigenvalue weighted by Crippen LogP contribution is -2.19. The summed E-state index contributed by atoms with van der Waals surface area (Å²) in [6.07, 6.45) is 0. The van der Waals surface area contributed by atoms with Crippen molar-refractivity contribution in [2.75, 3.05) is 0 Å². The van der Waals surface area contributed by atoms with Crippen LogP contribution < -0.4 is 5.32 Å². The number of fused-ring (bicyclic) bond motifs is 1. The predicted octanol–water partition coefficient (Wildman–Crippen LogP) is 4.68. The van der Waals surface area contributed by atoms with Crippen LogP contribution in [0, 0.1) is 13.8 Å². The first-order valence-corrected chi connectivity index (χ1v) is 8.32. The number of nitrogens with zero attached hydrogens (tertiary/aromatic N) is 2. The molecule has 0 fully saturated rings. The minimum absolute atomic E-state index is 0.224. The summed E-state index contributed by atoms with van der Waals surface area (Å²) in [6.45, 7) is 7.04. The molecule has 0 amide bonds. The Morgan fingerprint density at radius 3 is 2.57 bits per heavy atom. The third-order valence-corrected chi connectivity index (χ3v) is 5.04. The first-order valence-electron chi connectivity index (χ1n) is 7.57. The molecular formula is C17H20Cl2N4. The molecule has 1 atom stereocenters. The van der Waals surface area contributed by atoms with Crippen LogP contribution in [0.25, 0.3) is 10.9 Å². The van der Waals surface area contributed by atoms with Gasteiger partial charge in [-0.15, -0.1) is 0 Å². The van der Waals surface area contributed by atoms with E-state index in [-0.39, 0.29) is 6.04 Å². The van der Waals surface area contributed by atoms with E-state index in [0.29, 0.717) is 10.0 Å². The van der Waals surface area contributed by atoms with Crippen molar-refractivity contribution in [2.45, 2.75) is 33.4 Å². The minimum Gasteiger partial charge on any atom is -0.357 e. The molecule has 0 aliphatic rings. The van der Waals surface area contributed by atoms with Crippen LogP contribution in [0.4, 0.5) is 0 Å². The van der Waals surface area contributed by atoms with E-state index in [2.05, 4.69) is 35.3 Å². The van der Waals surface area contributed by atoms with Crippen LogP contribution >= 0.6 is 23.2 Å². The van der Waals surface area contributed by atoms with Crippen LogP contribution in [0.3, 0.4) is 0 Å². The average Bonchev–Trinajstić information content (AvgIpc) is 2.98. The van der Waals surface area contributed by atoms with Gasteiger partial charge in [0.2, 0.25) is 0 Å². The van der Waals surface area contributed by atoms with Gasteiger partial charge in [-0.25, -0.2) is 0 Å². The van der Waals surface area contributed by atoms with Crippen molar-refractivity contribution >= 4 is 34.1 Å². The molecule has 0 radical (unpaired) electrons. The molecule has 122 valence electrons. The zero-order chi connectivity index (χ0) is 16.7. The van der Waals surface area contributed by atoms with Crippen LogP contribution in [0.5, 0.6) is 0 Å². The number of hydrogen-bond donors (Lipinski definition) is 2. The van der Waals surface area contributed by atoms with Gasteiger partial charge in [-0.1, -0.05) is 23.2 Å². The number of aromatic nitrogens is 3. The topological polar surface area (TPSA) is 45.6 Å². The first kappa shape index (κ1) is 16.4. The van der Waals surface area contributed by atoms with Crippen molar-refractivity contribution in [1.82, 2.24) is 20.1 Å². The Kier molecular flexibility index (Phi) is 4.41. The number of rotatable bonds is 4. The second-order valence-electron chi connectivity index (χ2n) is 5.96. The number of aromatic amines is 1. The third-order valence-electron chi connectivity index (χ3n) is 4.31. The van der Waals surface area contributed by atoms with E-state index in [9.17, 15) is 0 Å². The number of benzene rings is 1. The minimum atomic E-state index is 0.224. The standard InChI is InChI=1S/C17H20Cl2N4/c1-9(17-10(2)22-23(4)11(17)3)20-8-13-5-12-6-14(18)15(19)7-16(12)21-13/h5-7,9,20-21H,8H2,1-4H3/t9-/m0/s1. The number of aryl methyl sites for hydroxylation is 2. The monoisotopic (exact) mass is 350 g/mol. The highest BCUT2D eigenvalue weighted by Gasteiger charge is 2.16. The van der Waals surface area contributed by atoms with E-state index in [1.807, 2.05) is 30.8 Å². The summed E-state index contributed by atoms with van der Waals surface area (Å²) in [5.74, 6) is 0. The van der Waals surface area contributed by atoms with E-state index >= 15 is 0 Å². The number of nitrogens with one attached hydrogen (secondary N) is 2. The molecule has 2 heterocycles. The Hall–Kier alpha value is -1.49. The molecule has 0 spiro atoms. The fraction of sp³-hybridized carbons (Fsp3) is 0.353. The van der Waals surface area contributed by atoms with Gasteiger partial charge in [0.1, 0.15) is 0 Å². The Morgan fingerprint density at radius 1 is 1.22 bits per heavy atom. The largest absolute Gasteiger partial charge is 0.357 e.